The number of hydrogen-bond donors (Lipinski definition) is 0. The lowest BCUT2D eigenvalue weighted by Crippen LogP contribution is -2.16. The third kappa shape index (κ3) is 2.33. The van der Waals surface area contributed by atoms with Gasteiger partial charge in [-0.1, -0.05) is 0 Å². The highest BCUT2D eigenvalue weighted by atomic mass is 16.6. The van der Waals surface area contributed by atoms with Crippen molar-refractivity contribution in [3.05, 3.63) is 16.5 Å². The van der Waals surface area contributed by atoms with Gasteiger partial charge in [-0.25, -0.2) is 0 Å². The molecule has 3 heteroatoms. The van der Waals surface area contributed by atoms with Gasteiger partial charge in [0.2, 0.25) is 6.54 Å². The molecule has 0 aromatic rings. The number of hydrogen-bond acceptors (Lipinski definition) is 2. The van der Waals surface area contributed by atoms with Crippen LogP contribution in [0.4, 0.5) is 0 Å². The second kappa shape index (κ2) is 3.54. The van der Waals surface area contributed by atoms with E-state index in [-0.39, 0.29) is 11.5 Å². The van der Waals surface area contributed by atoms with Crippen molar-refractivity contribution in [3.63, 3.8) is 0 Å². The minimum absolute atomic E-state index is 0.174. The summed E-state index contributed by atoms with van der Waals surface area (Å²) < 4.78 is 0. The molecule has 0 aliphatic heterocycles. The maximum Gasteiger partial charge on any atom is 0.206 e. The van der Waals surface area contributed by atoms with E-state index in [2.05, 4.69) is 6.42 Å². The molecule has 3 nitrogen and oxygen atoms in total. The highest BCUT2D eigenvalue weighted by Crippen LogP contribution is 2.22. The lowest BCUT2D eigenvalue weighted by molar-refractivity contribution is -0.488. The van der Waals surface area contributed by atoms with Crippen molar-refractivity contribution in [1.82, 2.24) is 0 Å². The zero-order valence-electron chi connectivity index (χ0n) is 5.95. The standard InChI is InChI=1S/C7H12NO2/c9-8(10)6-7-4-2-1-3-5-7/h1,7H,2-6H2. The van der Waals surface area contributed by atoms with E-state index < -0.39 is 0 Å². The Morgan fingerprint density at radius 3 is 2.60 bits per heavy atom. The van der Waals surface area contributed by atoms with Crippen LogP contribution in [0.3, 0.4) is 0 Å². The maximum absolute atomic E-state index is 10.1. The summed E-state index contributed by atoms with van der Waals surface area (Å²) in [6.45, 7) is 0.174. The number of nitro groups is 1. The van der Waals surface area contributed by atoms with Gasteiger partial charge in [-0.2, -0.15) is 0 Å². The molecule has 0 amide bonds. The largest absolute Gasteiger partial charge is 0.265 e. The Morgan fingerprint density at radius 2 is 2.10 bits per heavy atom. The molecule has 0 aromatic heterocycles. The number of nitrogens with zero attached hydrogens (tertiary/aromatic N) is 1. The van der Waals surface area contributed by atoms with Gasteiger partial charge in [0, 0.05) is 10.8 Å². The van der Waals surface area contributed by atoms with Gasteiger partial charge in [-0.15, -0.1) is 0 Å². The number of rotatable bonds is 2. The first-order valence-corrected chi connectivity index (χ1v) is 3.72. The van der Waals surface area contributed by atoms with Gasteiger partial charge in [-0.05, 0) is 32.1 Å². The molecule has 1 saturated carbocycles. The van der Waals surface area contributed by atoms with Crippen molar-refractivity contribution in [3.8, 4) is 0 Å². The summed E-state index contributed by atoms with van der Waals surface area (Å²) in [4.78, 5) is 9.86. The molecule has 0 heterocycles. The summed E-state index contributed by atoms with van der Waals surface area (Å²) in [5.74, 6) is 0.347. The minimum Gasteiger partial charge on any atom is -0.265 e. The first kappa shape index (κ1) is 7.51. The molecule has 0 N–H and O–H groups in total. The van der Waals surface area contributed by atoms with Crippen molar-refractivity contribution in [1.29, 1.82) is 0 Å². The fourth-order valence-corrected chi connectivity index (χ4v) is 1.39. The Balaban J connectivity index is 2.19. The van der Waals surface area contributed by atoms with Crippen LogP contribution in [0.1, 0.15) is 25.7 Å². The van der Waals surface area contributed by atoms with Gasteiger partial charge in [-0.3, -0.25) is 10.1 Å². The van der Waals surface area contributed by atoms with Crippen LogP contribution >= 0.6 is 0 Å². The molecule has 0 spiro atoms. The summed E-state index contributed by atoms with van der Waals surface area (Å²) in [5, 5.41) is 10.1. The van der Waals surface area contributed by atoms with E-state index in [0.717, 1.165) is 25.7 Å². The lowest BCUT2D eigenvalue weighted by atomic mass is 9.89. The van der Waals surface area contributed by atoms with Crippen LogP contribution in [0, 0.1) is 22.5 Å². The van der Waals surface area contributed by atoms with Gasteiger partial charge in [0.15, 0.2) is 0 Å². The second-order valence-electron chi connectivity index (χ2n) is 2.82. The second-order valence-corrected chi connectivity index (χ2v) is 2.82. The van der Waals surface area contributed by atoms with Crippen molar-refractivity contribution in [2.45, 2.75) is 25.7 Å². The highest BCUT2D eigenvalue weighted by molar-refractivity contribution is 4.75. The first-order valence-electron chi connectivity index (χ1n) is 3.72. The summed E-state index contributed by atoms with van der Waals surface area (Å²) in [6.07, 6.45) is 6.38. The van der Waals surface area contributed by atoms with Gasteiger partial charge in [0.1, 0.15) is 0 Å². The van der Waals surface area contributed by atoms with E-state index >= 15 is 0 Å². The third-order valence-electron chi connectivity index (χ3n) is 1.97. The summed E-state index contributed by atoms with van der Waals surface area (Å²) >= 11 is 0. The average molecular weight is 142 g/mol. The molecule has 0 saturated heterocycles. The van der Waals surface area contributed by atoms with Crippen LogP contribution in [0.15, 0.2) is 0 Å². The zero-order chi connectivity index (χ0) is 7.40. The van der Waals surface area contributed by atoms with Crippen molar-refractivity contribution in [2.75, 3.05) is 6.54 Å². The Morgan fingerprint density at radius 1 is 1.50 bits per heavy atom. The van der Waals surface area contributed by atoms with Crippen molar-refractivity contribution >= 4 is 0 Å². The van der Waals surface area contributed by atoms with Gasteiger partial charge in [0.25, 0.3) is 0 Å². The van der Waals surface area contributed by atoms with E-state index in [0.29, 0.717) is 5.92 Å². The minimum atomic E-state index is -0.198. The summed E-state index contributed by atoms with van der Waals surface area (Å²) in [6, 6.07) is 0. The molecule has 57 valence electrons. The van der Waals surface area contributed by atoms with E-state index in [1.54, 1.807) is 0 Å². The Labute approximate surface area is 60.6 Å². The molecule has 0 atom stereocenters. The summed E-state index contributed by atoms with van der Waals surface area (Å²) in [7, 11) is 0. The average Bonchev–Trinajstić information content (AvgIpc) is 1.88. The lowest BCUT2D eigenvalue weighted by Gasteiger charge is -2.16. The predicted octanol–water partition coefficient (Wildman–Crippen LogP) is 1.66. The van der Waals surface area contributed by atoms with Gasteiger partial charge in [0.05, 0.1) is 0 Å². The monoisotopic (exact) mass is 142 g/mol. The Kier molecular flexibility index (Phi) is 2.66. The van der Waals surface area contributed by atoms with E-state index in [1.807, 2.05) is 0 Å². The molecule has 10 heavy (non-hydrogen) atoms. The predicted molar refractivity (Wildman–Crippen MR) is 38.1 cm³/mol. The molecule has 1 aliphatic carbocycles. The molecule has 1 fully saturated rings. The highest BCUT2D eigenvalue weighted by Gasteiger charge is 2.17. The topological polar surface area (TPSA) is 43.1 Å². The van der Waals surface area contributed by atoms with Crippen molar-refractivity contribution in [2.24, 2.45) is 5.92 Å². The van der Waals surface area contributed by atoms with Crippen LogP contribution in [-0.4, -0.2) is 11.5 Å². The zero-order valence-corrected chi connectivity index (χ0v) is 5.95. The van der Waals surface area contributed by atoms with Crippen LogP contribution in [0.2, 0.25) is 0 Å². The van der Waals surface area contributed by atoms with Crippen LogP contribution in [0.25, 0.3) is 0 Å². The SMILES string of the molecule is O=[N+]([O-])CC1CC[CH]CC1. The van der Waals surface area contributed by atoms with Crippen LogP contribution < -0.4 is 0 Å². The van der Waals surface area contributed by atoms with E-state index in [4.69, 9.17) is 0 Å². The molecule has 1 radical (unpaired) electrons. The molecule has 0 bridgehead atoms. The fraction of sp³-hybridized carbons (Fsp3) is 0.857. The molecule has 1 aliphatic rings. The third-order valence-corrected chi connectivity index (χ3v) is 1.97. The Bertz CT molecular complexity index is 119. The quantitative estimate of drug-likeness (QED) is 0.434. The van der Waals surface area contributed by atoms with Gasteiger partial charge < -0.3 is 0 Å². The smallest absolute Gasteiger partial charge is 0.206 e. The van der Waals surface area contributed by atoms with Crippen LogP contribution in [0.5, 0.6) is 0 Å². The fourth-order valence-electron chi connectivity index (χ4n) is 1.39. The Hall–Kier alpha value is -0.600. The van der Waals surface area contributed by atoms with E-state index in [1.165, 1.54) is 0 Å². The molecule has 1 rings (SSSR count). The molecule has 0 unspecified atom stereocenters. The van der Waals surface area contributed by atoms with Gasteiger partial charge >= 0.3 is 0 Å². The molecular weight excluding hydrogens is 130 g/mol. The summed E-state index contributed by atoms with van der Waals surface area (Å²) in [5.41, 5.74) is 0. The maximum atomic E-state index is 10.1. The van der Waals surface area contributed by atoms with Crippen molar-refractivity contribution < 1.29 is 4.92 Å². The molecular formula is C7H12NO2. The normalized spacial score (nSPS) is 20.8. The molecule has 0 aromatic carbocycles. The van der Waals surface area contributed by atoms with Crippen LogP contribution in [-0.2, 0) is 0 Å². The van der Waals surface area contributed by atoms with E-state index in [9.17, 15) is 10.1 Å². The first-order chi connectivity index (χ1) is 4.79.